The van der Waals surface area contributed by atoms with E-state index in [1.165, 1.54) is 12.1 Å². The van der Waals surface area contributed by atoms with Crippen LogP contribution in [0.2, 0.25) is 0 Å². The van der Waals surface area contributed by atoms with Gasteiger partial charge in [0.25, 0.3) is 0 Å². The first-order valence-corrected chi connectivity index (χ1v) is 6.09. The van der Waals surface area contributed by atoms with Crippen LogP contribution in [-0.2, 0) is 0 Å². The predicted molar refractivity (Wildman–Crippen MR) is 71.8 cm³/mol. The van der Waals surface area contributed by atoms with E-state index in [4.69, 9.17) is 16.3 Å². The summed E-state index contributed by atoms with van der Waals surface area (Å²) in [5.74, 6) is 0.547. The number of benzene rings is 2. The Labute approximate surface area is 111 Å². The maximum absolute atomic E-state index is 13.2. The van der Waals surface area contributed by atoms with Crippen molar-refractivity contribution in [1.82, 2.24) is 0 Å². The average Bonchev–Trinajstić information content (AvgIpc) is 2.37. The molecule has 94 valence electrons. The van der Waals surface area contributed by atoms with Gasteiger partial charge in [0.05, 0.1) is 12.5 Å². The minimum atomic E-state index is -0.356. The van der Waals surface area contributed by atoms with Gasteiger partial charge in [-0.25, -0.2) is 4.39 Å². The summed E-state index contributed by atoms with van der Waals surface area (Å²) in [6, 6.07) is 12.1. The number of methoxy groups -OCH3 is 1. The lowest BCUT2D eigenvalue weighted by molar-refractivity contribution is 0.411. The van der Waals surface area contributed by atoms with E-state index >= 15 is 0 Å². The van der Waals surface area contributed by atoms with Gasteiger partial charge in [0.2, 0.25) is 0 Å². The Kier molecular flexibility index (Phi) is 3.87. The first kappa shape index (κ1) is 12.9. The van der Waals surface area contributed by atoms with Crippen molar-refractivity contribution in [1.29, 1.82) is 0 Å². The molecule has 0 saturated heterocycles. The van der Waals surface area contributed by atoms with Gasteiger partial charge in [-0.3, -0.25) is 0 Å². The Morgan fingerprint density at radius 2 is 1.83 bits per heavy atom. The highest BCUT2D eigenvalue weighted by Gasteiger charge is 2.12. The zero-order chi connectivity index (χ0) is 13.1. The zero-order valence-corrected chi connectivity index (χ0v) is 11.0. The molecule has 0 aliphatic carbocycles. The summed E-state index contributed by atoms with van der Waals surface area (Å²) < 4.78 is 18.4. The summed E-state index contributed by atoms with van der Waals surface area (Å²) in [5.41, 5.74) is 2.69. The third-order valence-electron chi connectivity index (χ3n) is 2.85. The molecule has 0 N–H and O–H groups in total. The van der Waals surface area contributed by atoms with Gasteiger partial charge >= 0.3 is 0 Å². The number of ether oxygens (including phenoxy) is 1. The van der Waals surface area contributed by atoms with Gasteiger partial charge in [-0.1, -0.05) is 24.3 Å². The van der Waals surface area contributed by atoms with E-state index in [0.717, 1.165) is 22.4 Å². The van der Waals surface area contributed by atoms with Gasteiger partial charge in [-0.05, 0) is 41.8 Å². The largest absolute Gasteiger partial charge is 0.496 e. The third kappa shape index (κ3) is 2.65. The summed E-state index contributed by atoms with van der Waals surface area (Å²) in [7, 11) is 1.63. The molecule has 2 rings (SSSR count). The summed E-state index contributed by atoms with van der Waals surface area (Å²) in [5, 5.41) is -0.356. The lowest BCUT2D eigenvalue weighted by atomic mass is 10.0. The average molecular weight is 265 g/mol. The SMILES string of the molecule is COc1ccc(C(Cl)c2cccc(F)c2)cc1C. The van der Waals surface area contributed by atoms with Crippen molar-refractivity contribution in [3.8, 4) is 5.75 Å². The van der Waals surface area contributed by atoms with Crippen molar-refractivity contribution >= 4 is 11.6 Å². The zero-order valence-electron chi connectivity index (χ0n) is 10.3. The number of rotatable bonds is 3. The van der Waals surface area contributed by atoms with Crippen LogP contribution in [0.25, 0.3) is 0 Å². The van der Waals surface area contributed by atoms with Gasteiger partial charge in [-0.2, -0.15) is 0 Å². The van der Waals surface area contributed by atoms with Crippen molar-refractivity contribution in [2.24, 2.45) is 0 Å². The molecule has 0 heterocycles. The van der Waals surface area contributed by atoms with Gasteiger partial charge in [0.1, 0.15) is 11.6 Å². The fraction of sp³-hybridized carbons (Fsp3) is 0.200. The van der Waals surface area contributed by atoms with E-state index in [9.17, 15) is 4.39 Å². The topological polar surface area (TPSA) is 9.23 Å². The molecule has 0 aliphatic heterocycles. The van der Waals surface area contributed by atoms with Crippen LogP contribution in [-0.4, -0.2) is 7.11 Å². The van der Waals surface area contributed by atoms with Crippen molar-refractivity contribution in [2.45, 2.75) is 12.3 Å². The third-order valence-corrected chi connectivity index (χ3v) is 3.36. The van der Waals surface area contributed by atoms with Crippen LogP contribution in [0.15, 0.2) is 42.5 Å². The molecule has 0 aromatic heterocycles. The predicted octanol–water partition coefficient (Wildman–Crippen LogP) is 4.47. The van der Waals surface area contributed by atoms with Crippen LogP contribution in [0.5, 0.6) is 5.75 Å². The fourth-order valence-electron chi connectivity index (χ4n) is 1.92. The van der Waals surface area contributed by atoms with Gasteiger partial charge in [0, 0.05) is 0 Å². The summed E-state index contributed by atoms with van der Waals surface area (Å²) >= 11 is 6.36. The van der Waals surface area contributed by atoms with Crippen LogP contribution in [0, 0.1) is 12.7 Å². The Balaban J connectivity index is 2.34. The van der Waals surface area contributed by atoms with Crippen LogP contribution in [0.4, 0.5) is 4.39 Å². The minimum Gasteiger partial charge on any atom is -0.496 e. The Bertz CT molecular complexity index is 554. The lowest BCUT2D eigenvalue weighted by Gasteiger charge is -2.13. The lowest BCUT2D eigenvalue weighted by Crippen LogP contribution is -1.96. The number of halogens is 2. The molecular weight excluding hydrogens is 251 g/mol. The van der Waals surface area contributed by atoms with Crippen LogP contribution < -0.4 is 4.74 Å². The molecule has 1 nitrogen and oxygen atoms in total. The number of hydrogen-bond acceptors (Lipinski definition) is 1. The second-order valence-corrected chi connectivity index (χ2v) is 4.58. The molecule has 0 fully saturated rings. The highest BCUT2D eigenvalue weighted by Crippen LogP contribution is 2.31. The van der Waals surface area contributed by atoms with Gasteiger partial charge < -0.3 is 4.74 Å². The minimum absolute atomic E-state index is 0.275. The molecule has 2 aromatic rings. The molecule has 3 heteroatoms. The van der Waals surface area contributed by atoms with Crippen LogP contribution in [0.1, 0.15) is 22.1 Å². The number of alkyl halides is 1. The van der Waals surface area contributed by atoms with Crippen LogP contribution >= 0.6 is 11.6 Å². The van der Waals surface area contributed by atoms with E-state index < -0.39 is 0 Å². The highest BCUT2D eigenvalue weighted by molar-refractivity contribution is 6.22. The molecule has 0 saturated carbocycles. The van der Waals surface area contributed by atoms with E-state index in [1.807, 2.05) is 31.2 Å². The quantitative estimate of drug-likeness (QED) is 0.743. The normalized spacial score (nSPS) is 12.2. The first-order valence-electron chi connectivity index (χ1n) is 5.66. The van der Waals surface area contributed by atoms with E-state index in [0.29, 0.717) is 0 Å². The molecular formula is C15H14ClFO. The van der Waals surface area contributed by atoms with Crippen molar-refractivity contribution in [3.05, 3.63) is 65.0 Å². The summed E-state index contributed by atoms with van der Waals surface area (Å²) in [6.45, 7) is 1.96. The Morgan fingerprint density at radius 3 is 2.44 bits per heavy atom. The fourth-order valence-corrected chi connectivity index (χ4v) is 2.19. The van der Waals surface area contributed by atoms with E-state index in [-0.39, 0.29) is 11.2 Å². The molecule has 1 unspecified atom stereocenters. The summed E-state index contributed by atoms with van der Waals surface area (Å²) in [4.78, 5) is 0. The highest BCUT2D eigenvalue weighted by atomic mass is 35.5. The van der Waals surface area contributed by atoms with E-state index in [2.05, 4.69) is 0 Å². The monoisotopic (exact) mass is 264 g/mol. The van der Waals surface area contributed by atoms with Gasteiger partial charge in [0.15, 0.2) is 0 Å². The van der Waals surface area contributed by atoms with E-state index in [1.54, 1.807) is 13.2 Å². The van der Waals surface area contributed by atoms with Crippen molar-refractivity contribution < 1.29 is 9.13 Å². The molecule has 0 aliphatic rings. The molecule has 2 aromatic carbocycles. The number of hydrogen-bond donors (Lipinski definition) is 0. The van der Waals surface area contributed by atoms with Crippen molar-refractivity contribution in [3.63, 3.8) is 0 Å². The Morgan fingerprint density at radius 1 is 1.11 bits per heavy atom. The number of aryl methyl sites for hydroxylation is 1. The standard InChI is InChI=1S/C15H14ClFO/c1-10-8-12(6-7-14(10)18-2)15(16)11-4-3-5-13(17)9-11/h3-9,15H,1-2H3. The molecule has 0 bridgehead atoms. The second kappa shape index (κ2) is 5.40. The molecule has 0 radical (unpaired) electrons. The second-order valence-electron chi connectivity index (χ2n) is 4.15. The maximum Gasteiger partial charge on any atom is 0.123 e. The maximum atomic E-state index is 13.2. The first-order chi connectivity index (χ1) is 8.61. The van der Waals surface area contributed by atoms with Crippen molar-refractivity contribution in [2.75, 3.05) is 7.11 Å². The smallest absolute Gasteiger partial charge is 0.123 e. The Hall–Kier alpha value is -1.54. The van der Waals surface area contributed by atoms with Gasteiger partial charge in [-0.15, -0.1) is 11.6 Å². The molecule has 1 atom stereocenters. The summed E-state index contributed by atoms with van der Waals surface area (Å²) in [6.07, 6.45) is 0. The van der Waals surface area contributed by atoms with Crippen LogP contribution in [0.3, 0.4) is 0 Å². The molecule has 0 amide bonds. The molecule has 18 heavy (non-hydrogen) atoms. The molecule has 0 spiro atoms.